The number of non-ortho nitro benzene ring substituents is 1. The first kappa shape index (κ1) is 24.4. The maximum absolute atomic E-state index is 12.5. The molecule has 0 aliphatic rings. The van der Waals surface area contributed by atoms with E-state index in [1.54, 1.807) is 36.4 Å². The minimum Gasteiger partial charge on any atom is -0.494 e. The quantitative estimate of drug-likeness (QED) is 0.191. The van der Waals surface area contributed by atoms with Crippen LogP contribution in [0.5, 0.6) is 17.2 Å². The van der Waals surface area contributed by atoms with Gasteiger partial charge >= 0.3 is 5.69 Å². The van der Waals surface area contributed by atoms with Crippen LogP contribution in [0.1, 0.15) is 12.5 Å². The summed E-state index contributed by atoms with van der Waals surface area (Å²) in [6.45, 7) is 2.37. The molecule has 3 rings (SSSR count). The average molecular weight is 474 g/mol. The van der Waals surface area contributed by atoms with Crippen molar-refractivity contribution in [2.24, 2.45) is 0 Å². The van der Waals surface area contributed by atoms with E-state index in [0.29, 0.717) is 23.6 Å². The fourth-order valence-corrected chi connectivity index (χ4v) is 2.92. The molecule has 35 heavy (non-hydrogen) atoms. The summed E-state index contributed by atoms with van der Waals surface area (Å²) >= 11 is 0. The molecule has 0 unspecified atom stereocenters. The van der Waals surface area contributed by atoms with E-state index in [4.69, 9.17) is 9.47 Å². The first-order valence-electron chi connectivity index (χ1n) is 10.2. The van der Waals surface area contributed by atoms with Crippen molar-refractivity contribution in [3.05, 3.63) is 98.1 Å². The number of ether oxygens (including phenoxy) is 2. The number of carbonyl (C=O) groups excluding carboxylic acids is 1. The molecule has 0 atom stereocenters. The van der Waals surface area contributed by atoms with Crippen LogP contribution < -0.4 is 14.8 Å². The molecule has 1 N–H and O–H groups in total. The van der Waals surface area contributed by atoms with Gasteiger partial charge in [0.05, 0.1) is 22.5 Å². The molecule has 0 fully saturated rings. The lowest BCUT2D eigenvalue weighted by molar-refractivity contribution is -0.394. The zero-order chi connectivity index (χ0) is 25.4. The molecule has 0 radical (unpaired) electrons. The van der Waals surface area contributed by atoms with Crippen LogP contribution >= 0.6 is 0 Å². The fourth-order valence-electron chi connectivity index (χ4n) is 2.92. The first-order chi connectivity index (χ1) is 16.8. The van der Waals surface area contributed by atoms with Crippen LogP contribution in [-0.2, 0) is 4.79 Å². The Morgan fingerprint density at radius 1 is 1.00 bits per heavy atom. The molecule has 0 aliphatic carbocycles. The summed E-state index contributed by atoms with van der Waals surface area (Å²) in [5.74, 6) is 0.106. The predicted octanol–water partition coefficient (Wildman–Crippen LogP) is 5.24. The number of nitro groups is 2. The number of nitro benzene ring substituents is 2. The van der Waals surface area contributed by atoms with Gasteiger partial charge in [-0.25, -0.2) is 0 Å². The van der Waals surface area contributed by atoms with Crippen LogP contribution in [0.15, 0.2) is 72.3 Å². The molecule has 0 aromatic heterocycles. The topological polar surface area (TPSA) is 158 Å². The van der Waals surface area contributed by atoms with Crippen LogP contribution in [0.2, 0.25) is 0 Å². The van der Waals surface area contributed by atoms with E-state index in [0.717, 1.165) is 18.2 Å². The maximum Gasteiger partial charge on any atom is 0.318 e. The molecule has 0 heterocycles. The van der Waals surface area contributed by atoms with Crippen molar-refractivity contribution in [3.63, 3.8) is 0 Å². The van der Waals surface area contributed by atoms with Crippen LogP contribution in [0, 0.1) is 31.6 Å². The molecule has 3 aromatic carbocycles. The number of nitrogens with one attached hydrogen (secondary N) is 1. The minimum atomic E-state index is -0.776. The van der Waals surface area contributed by atoms with Gasteiger partial charge in [-0.3, -0.25) is 25.0 Å². The molecule has 0 saturated carbocycles. The number of amides is 1. The molecule has 0 saturated heterocycles. The summed E-state index contributed by atoms with van der Waals surface area (Å²) in [7, 11) is 0. The van der Waals surface area contributed by atoms with Crippen molar-refractivity contribution in [1.82, 2.24) is 0 Å². The van der Waals surface area contributed by atoms with Crippen molar-refractivity contribution in [2.75, 3.05) is 11.9 Å². The van der Waals surface area contributed by atoms with Gasteiger partial charge in [-0.05, 0) is 61.0 Å². The van der Waals surface area contributed by atoms with Gasteiger partial charge in [0, 0.05) is 11.8 Å². The zero-order valence-corrected chi connectivity index (χ0v) is 18.3. The standard InChI is InChI=1S/C24H18N4O7/c1-2-34-20-10-5-18(6-11-20)26-24(29)17(15-25)13-16-3-8-21(9-4-16)35-23-12-7-19(27(30)31)14-22(23)28(32)33/h3-14H,2H2,1H3,(H,26,29)/b17-13-. The highest BCUT2D eigenvalue weighted by molar-refractivity contribution is 6.09. The van der Waals surface area contributed by atoms with Gasteiger partial charge in [0.1, 0.15) is 23.1 Å². The molecular weight excluding hydrogens is 456 g/mol. The second-order valence-corrected chi connectivity index (χ2v) is 6.92. The lowest BCUT2D eigenvalue weighted by Crippen LogP contribution is -2.13. The monoisotopic (exact) mass is 474 g/mol. The Hall–Kier alpha value is -5.24. The number of benzene rings is 3. The minimum absolute atomic E-state index is 0.140. The Morgan fingerprint density at radius 2 is 1.66 bits per heavy atom. The Balaban J connectivity index is 1.73. The summed E-state index contributed by atoms with van der Waals surface area (Å²) in [6, 6.07) is 17.7. The average Bonchev–Trinajstić information content (AvgIpc) is 2.84. The Bertz CT molecular complexity index is 1330. The number of hydrogen-bond acceptors (Lipinski definition) is 8. The third-order valence-electron chi connectivity index (χ3n) is 4.56. The highest BCUT2D eigenvalue weighted by Crippen LogP contribution is 2.34. The number of hydrogen-bond donors (Lipinski definition) is 1. The Morgan fingerprint density at radius 3 is 2.23 bits per heavy atom. The van der Waals surface area contributed by atoms with E-state index >= 15 is 0 Å². The van der Waals surface area contributed by atoms with Gasteiger partial charge in [0.15, 0.2) is 0 Å². The predicted molar refractivity (Wildman–Crippen MR) is 126 cm³/mol. The normalized spacial score (nSPS) is 10.7. The van der Waals surface area contributed by atoms with E-state index in [9.17, 15) is 30.3 Å². The van der Waals surface area contributed by atoms with Gasteiger partial charge in [-0.1, -0.05) is 12.1 Å². The second kappa shape index (κ2) is 11.1. The molecule has 0 spiro atoms. The molecule has 176 valence electrons. The van der Waals surface area contributed by atoms with Crippen LogP contribution in [0.3, 0.4) is 0 Å². The van der Waals surface area contributed by atoms with Crippen molar-refractivity contribution >= 4 is 29.0 Å². The summed E-state index contributed by atoms with van der Waals surface area (Å²) in [4.78, 5) is 33.1. The number of carbonyl (C=O) groups is 1. The second-order valence-electron chi connectivity index (χ2n) is 6.92. The summed E-state index contributed by atoms with van der Waals surface area (Å²) in [6.07, 6.45) is 1.38. The third kappa shape index (κ3) is 6.39. The number of anilines is 1. The van der Waals surface area contributed by atoms with Crippen molar-refractivity contribution in [3.8, 4) is 23.3 Å². The van der Waals surface area contributed by atoms with Crippen molar-refractivity contribution in [2.45, 2.75) is 6.92 Å². The highest BCUT2D eigenvalue weighted by Gasteiger charge is 2.21. The zero-order valence-electron chi connectivity index (χ0n) is 18.3. The first-order valence-corrected chi connectivity index (χ1v) is 10.2. The molecule has 11 nitrogen and oxygen atoms in total. The van der Waals surface area contributed by atoms with Gasteiger partial charge in [0.25, 0.3) is 11.6 Å². The van der Waals surface area contributed by atoms with Gasteiger partial charge in [-0.2, -0.15) is 5.26 Å². The SMILES string of the molecule is CCOc1ccc(NC(=O)/C(C#N)=C\c2ccc(Oc3ccc([N+](=O)[O-])cc3[N+](=O)[O-])cc2)cc1. The van der Waals surface area contributed by atoms with Crippen molar-refractivity contribution < 1.29 is 24.1 Å². The fraction of sp³-hybridized carbons (Fsp3) is 0.0833. The molecule has 3 aromatic rings. The number of nitrogens with zero attached hydrogens (tertiary/aromatic N) is 3. The Kier molecular flexibility index (Phi) is 7.71. The van der Waals surface area contributed by atoms with Gasteiger partial charge in [-0.15, -0.1) is 0 Å². The number of nitriles is 1. The highest BCUT2D eigenvalue weighted by atomic mass is 16.6. The summed E-state index contributed by atoms with van der Waals surface area (Å²) < 4.78 is 10.9. The maximum atomic E-state index is 12.5. The summed E-state index contributed by atoms with van der Waals surface area (Å²) in [5.41, 5.74) is -0.126. The Labute approximate surface area is 199 Å². The van der Waals surface area contributed by atoms with E-state index in [1.807, 2.05) is 13.0 Å². The molecule has 1 amide bonds. The molecule has 11 heteroatoms. The van der Waals surface area contributed by atoms with Crippen molar-refractivity contribution in [1.29, 1.82) is 5.26 Å². The molecule has 0 bridgehead atoms. The van der Waals surface area contributed by atoms with Gasteiger partial charge < -0.3 is 14.8 Å². The van der Waals surface area contributed by atoms with Crippen LogP contribution in [-0.4, -0.2) is 22.4 Å². The van der Waals surface area contributed by atoms with Gasteiger partial charge in [0.2, 0.25) is 5.75 Å². The van der Waals surface area contributed by atoms with E-state index < -0.39 is 27.1 Å². The molecule has 0 aliphatic heterocycles. The third-order valence-corrected chi connectivity index (χ3v) is 4.56. The van der Waals surface area contributed by atoms with Crippen LogP contribution in [0.25, 0.3) is 6.08 Å². The largest absolute Gasteiger partial charge is 0.494 e. The van der Waals surface area contributed by atoms with E-state index in [2.05, 4.69) is 5.32 Å². The van der Waals surface area contributed by atoms with E-state index in [-0.39, 0.29) is 17.1 Å². The lowest BCUT2D eigenvalue weighted by atomic mass is 10.1. The van der Waals surface area contributed by atoms with Crippen LogP contribution in [0.4, 0.5) is 17.1 Å². The summed E-state index contributed by atoms with van der Waals surface area (Å²) in [5, 5.41) is 34.2. The smallest absolute Gasteiger partial charge is 0.318 e. The number of rotatable bonds is 9. The molecular formula is C24H18N4O7. The van der Waals surface area contributed by atoms with E-state index in [1.165, 1.54) is 18.2 Å². The lowest BCUT2D eigenvalue weighted by Gasteiger charge is -2.07.